The summed E-state index contributed by atoms with van der Waals surface area (Å²) in [6, 6.07) is 7.61. The number of aryl methyl sites for hydroxylation is 1. The minimum Gasteiger partial charge on any atom is -0.483 e. The number of ketones is 2. The summed E-state index contributed by atoms with van der Waals surface area (Å²) < 4.78 is 5.65. The number of hydrogen-bond acceptors (Lipinski definition) is 3. The molecule has 3 nitrogen and oxygen atoms in total. The SMILES string of the molecule is Cc1ccc(OC2CCC(=O)CCC2=O)cc1. The minimum absolute atomic E-state index is 0.0384. The van der Waals surface area contributed by atoms with E-state index in [2.05, 4.69) is 0 Å². The Kier molecular flexibility index (Phi) is 3.57. The van der Waals surface area contributed by atoms with Gasteiger partial charge in [0.25, 0.3) is 0 Å². The lowest BCUT2D eigenvalue weighted by Gasteiger charge is -2.15. The highest BCUT2D eigenvalue weighted by Crippen LogP contribution is 2.19. The maximum absolute atomic E-state index is 11.8. The molecule has 17 heavy (non-hydrogen) atoms. The fourth-order valence-electron chi connectivity index (χ4n) is 1.91. The van der Waals surface area contributed by atoms with Gasteiger partial charge in [-0.15, -0.1) is 0 Å². The third-order valence-electron chi connectivity index (χ3n) is 2.99. The molecule has 0 spiro atoms. The van der Waals surface area contributed by atoms with E-state index in [0.717, 1.165) is 5.56 Å². The molecule has 1 aromatic carbocycles. The summed E-state index contributed by atoms with van der Waals surface area (Å²) in [6.45, 7) is 2.00. The number of carbonyl (C=O) groups is 2. The second-order valence-electron chi connectivity index (χ2n) is 4.46. The van der Waals surface area contributed by atoms with Gasteiger partial charge in [-0.3, -0.25) is 9.59 Å². The van der Waals surface area contributed by atoms with Crippen molar-refractivity contribution in [3.8, 4) is 5.75 Å². The van der Waals surface area contributed by atoms with Crippen molar-refractivity contribution in [1.82, 2.24) is 0 Å². The Hall–Kier alpha value is -1.64. The molecule has 0 amide bonds. The van der Waals surface area contributed by atoms with Crippen LogP contribution in [0.25, 0.3) is 0 Å². The van der Waals surface area contributed by atoms with Crippen molar-refractivity contribution in [2.75, 3.05) is 0 Å². The van der Waals surface area contributed by atoms with Gasteiger partial charge >= 0.3 is 0 Å². The second-order valence-corrected chi connectivity index (χ2v) is 4.46. The van der Waals surface area contributed by atoms with Gasteiger partial charge < -0.3 is 4.74 Å². The van der Waals surface area contributed by atoms with Crippen LogP contribution in [0.3, 0.4) is 0 Å². The molecule has 1 aliphatic rings. The molecule has 2 rings (SSSR count). The molecule has 0 heterocycles. The van der Waals surface area contributed by atoms with Gasteiger partial charge in [0.05, 0.1) is 0 Å². The first-order valence-electron chi connectivity index (χ1n) is 5.93. The number of hydrogen-bond donors (Lipinski definition) is 0. The van der Waals surface area contributed by atoms with E-state index in [1.54, 1.807) is 0 Å². The Morgan fingerprint density at radius 3 is 2.47 bits per heavy atom. The van der Waals surface area contributed by atoms with Gasteiger partial charge in [0.1, 0.15) is 11.5 Å². The zero-order valence-electron chi connectivity index (χ0n) is 9.94. The van der Waals surface area contributed by atoms with E-state index < -0.39 is 6.10 Å². The first kappa shape index (κ1) is 11.8. The van der Waals surface area contributed by atoms with Crippen molar-refractivity contribution in [2.24, 2.45) is 0 Å². The van der Waals surface area contributed by atoms with Gasteiger partial charge in [-0.05, 0) is 25.5 Å². The van der Waals surface area contributed by atoms with Crippen LogP contribution in [0.15, 0.2) is 24.3 Å². The normalized spacial score (nSPS) is 21.1. The van der Waals surface area contributed by atoms with E-state index in [1.165, 1.54) is 0 Å². The zero-order valence-corrected chi connectivity index (χ0v) is 9.94. The molecule has 0 aliphatic heterocycles. The number of carbonyl (C=O) groups excluding carboxylic acids is 2. The standard InChI is InChI=1S/C14H16O3/c1-10-2-6-12(7-3-10)17-14-9-5-11(15)4-8-13(14)16/h2-3,6-7,14H,4-5,8-9H2,1H3. The minimum atomic E-state index is -0.454. The van der Waals surface area contributed by atoms with Gasteiger partial charge in [-0.1, -0.05) is 17.7 Å². The van der Waals surface area contributed by atoms with Crippen molar-refractivity contribution in [3.63, 3.8) is 0 Å². The maximum atomic E-state index is 11.8. The van der Waals surface area contributed by atoms with Crippen molar-refractivity contribution >= 4 is 11.6 Å². The summed E-state index contributed by atoms with van der Waals surface area (Å²) in [6.07, 6.45) is 1.18. The van der Waals surface area contributed by atoms with E-state index in [1.807, 2.05) is 31.2 Å². The van der Waals surface area contributed by atoms with Crippen LogP contribution >= 0.6 is 0 Å². The summed E-state index contributed by atoms with van der Waals surface area (Å²) in [5.41, 5.74) is 1.15. The molecule has 1 aromatic rings. The smallest absolute Gasteiger partial charge is 0.173 e. The van der Waals surface area contributed by atoms with Crippen molar-refractivity contribution < 1.29 is 14.3 Å². The molecule has 90 valence electrons. The lowest BCUT2D eigenvalue weighted by molar-refractivity contribution is -0.126. The number of rotatable bonds is 2. The van der Waals surface area contributed by atoms with Gasteiger partial charge in [-0.2, -0.15) is 0 Å². The van der Waals surface area contributed by atoms with Crippen LogP contribution in [0.5, 0.6) is 5.75 Å². The summed E-state index contributed by atoms with van der Waals surface area (Å²) in [4.78, 5) is 23.0. The lowest BCUT2D eigenvalue weighted by Crippen LogP contribution is -2.25. The fraction of sp³-hybridized carbons (Fsp3) is 0.429. The predicted molar refractivity (Wildman–Crippen MR) is 64.1 cm³/mol. The van der Waals surface area contributed by atoms with E-state index in [9.17, 15) is 9.59 Å². The molecule has 0 radical (unpaired) electrons. The molecular formula is C14H16O3. The number of Topliss-reactive ketones (excluding diaryl/α,β-unsaturated/α-hetero) is 2. The van der Waals surface area contributed by atoms with Gasteiger partial charge in [0.2, 0.25) is 0 Å². The molecule has 3 heteroatoms. The highest BCUT2D eigenvalue weighted by atomic mass is 16.5. The van der Waals surface area contributed by atoms with Crippen LogP contribution in [-0.4, -0.2) is 17.7 Å². The molecule has 0 saturated heterocycles. The summed E-state index contributed by atoms with van der Waals surface area (Å²) in [7, 11) is 0. The molecule has 0 N–H and O–H groups in total. The number of benzene rings is 1. The lowest BCUT2D eigenvalue weighted by atomic mass is 10.1. The largest absolute Gasteiger partial charge is 0.483 e. The first-order chi connectivity index (χ1) is 8.15. The maximum Gasteiger partial charge on any atom is 0.173 e. The third-order valence-corrected chi connectivity index (χ3v) is 2.99. The molecule has 1 unspecified atom stereocenters. The first-order valence-corrected chi connectivity index (χ1v) is 5.93. The molecular weight excluding hydrogens is 216 g/mol. The van der Waals surface area contributed by atoms with Crippen LogP contribution in [0.2, 0.25) is 0 Å². The summed E-state index contributed by atoms with van der Waals surface area (Å²) in [5, 5.41) is 0. The van der Waals surface area contributed by atoms with E-state index >= 15 is 0 Å². The topological polar surface area (TPSA) is 43.4 Å². The Morgan fingerprint density at radius 1 is 1.06 bits per heavy atom. The average molecular weight is 232 g/mol. The van der Waals surface area contributed by atoms with E-state index in [-0.39, 0.29) is 11.6 Å². The van der Waals surface area contributed by atoms with Crippen LogP contribution in [0, 0.1) is 6.92 Å². The van der Waals surface area contributed by atoms with Crippen LogP contribution in [0.1, 0.15) is 31.2 Å². The van der Waals surface area contributed by atoms with Crippen LogP contribution in [-0.2, 0) is 9.59 Å². The van der Waals surface area contributed by atoms with Gasteiger partial charge in [-0.25, -0.2) is 0 Å². The van der Waals surface area contributed by atoms with Gasteiger partial charge in [0, 0.05) is 19.3 Å². The Morgan fingerprint density at radius 2 is 1.76 bits per heavy atom. The summed E-state index contributed by atoms with van der Waals surface area (Å²) >= 11 is 0. The van der Waals surface area contributed by atoms with Crippen molar-refractivity contribution in [3.05, 3.63) is 29.8 Å². The molecule has 1 saturated carbocycles. The van der Waals surface area contributed by atoms with Crippen molar-refractivity contribution in [2.45, 2.75) is 38.7 Å². The van der Waals surface area contributed by atoms with Gasteiger partial charge in [0.15, 0.2) is 11.9 Å². The van der Waals surface area contributed by atoms with Crippen molar-refractivity contribution in [1.29, 1.82) is 0 Å². The molecule has 1 atom stereocenters. The molecule has 0 bridgehead atoms. The molecule has 1 aliphatic carbocycles. The summed E-state index contributed by atoms with van der Waals surface area (Å²) in [5.74, 6) is 0.896. The average Bonchev–Trinajstić information content (AvgIpc) is 2.47. The monoisotopic (exact) mass is 232 g/mol. The predicted octanol–water partition coefficient (Wildman–Crippen LogP) is 2.45. The Labute approximate surface area is 101 Å². The highest BCUT2D eigenvalue weighted by molar-refractivity contribution is 5.91. The molecule has 1 fully saturated rings. The quantitative estimate of drug-likeness (QED) is 0.736. The number of ether oxygens (including phenoxy) is 1. The Bertz CT molecular complexity index is 420. The van der Waals surface area contributed by atoms with E-state index in [0.29, 0.717) is 31.4 Å². The fourth-order valence-corrected chi connectivity index (χ4v) is 1.91. The van der Waals surface area contributed by atoms with Crippen LogP contribution in [0.4, 0.5) is 0 Å². The second kappa shape index (κ2) is 5.13. The molecule has 0 aromatic heterocycles. The Balaban J connectivity index is 2.04. The van der Waals surface area contributed by atoms with E-state index in [4.69, 9.17) is 4.74 Å². The highest BCUT2D eigenvalue weighted by Gasteiger charge is 2.25. The third kappa shape index (κ3) is 3.16. The zero-order chi connectivity index (χ0) is 12.3. The van der Waals surface area contributed by atoms with Crippen LogP contribution < -0.4 is 4.74 Å².